The van der Waals surface area contributed by atoms with Gasteiger partial charge in [-0.25, -0.2) is 0 Å². The van der Waals surface area contributed by atoms with Crippen LogP contribution < -0.4 is 0 Å². The number of hydrogen-bond acceptors (Lipinski definition) is 1. The maximum absolute atomic E-state index is 5.95. The minimum Gasteiger partial charge on any atom is -0.411 e. The van der Waals surface area contributed by atoms with E-state index in [0.717, 1.165) is 6.42 Å². The summed E-state index contributed by atoms with van der Waals surface area (Å²) in [6.45, 7) is 12.7. The topological polar surface area (TPSA) is 9.23 Å². The van der Waals surface area contributed by atoms with Crippen LogP contribution in [0.25, 0.3) is 0 Å². The molecule has 0 aromatic heterocycles. The van der Waals surface area contributed by atoms with E-state index in [1.165, 1.54) is 19.3 Å². The van der Waals surface area contributed by atoms with Crippen molar-refractivity contribution in [2.24, 2.45) is 0 Å². The highest BCUT2D eigenvalue weighted by atomic mass is 28.4. The molecule has 0 aliphatic rings. The molecule has 0 saturated heterocycles. The SMILES string of the molecule is C=CC(CCCCC)O[Si](C)(C)C. The molecular weight excluding hydrogens is 176 g/mol. The first-order valence-corrected chi connectivity index (χ1v) is 8.71. The van der Waals surface area contributed by atoms with E-state index >= 15 is 0 Å². The van der Waals surface area contributed by atoms with Gasteiger partial charge in [-0.3, -0.25) is 0 Å². The molecule has 0 radical (unpaired) electrons. The van der Waals surface area contributed by atoms with Gasteiger partial charge >= 0.3 is 0 Å². The highest BCUT2D eigenvalue weighted by Crippen LogP contribution is 2.13. The van der Waals surface area contributed by atoms with Crippen LogP contribution in [0.5, 0.6) is 0 Å². The minimum atomic E-state index is -1.37. The summed E-state index contributed by atoms with van der Waals surface area (Å²) >= 11 is 0. The first-order chi connectivity index (χ1) is 5.99. The van der Waals surface area contributed by atoms with Crippen molar-refractivity contribution in [3.05, 3.63) is 12.7 Å². The third-order valence-corrected chi connectivity index (χ3v) is 2.87. The fourth-order valence-corrected chi connectivity index (χ4v) is 2.40. The molecule has 0 spiro atoms. The quantitative estimate of drug-likeness (QED) is 0.343. The molecule has 2 heteroatoms. The lowest BCUT2D eigenvalue weighted by molar-refractivity contribution is 0.227. The van der Waals surface area contributed by atoms with Crippen molar-refractivity contribution in [2.45, 2.75) is 58.4 Å². The molecule has 0 aliphatic heterocycles. The Hall–Kier alpha value is -0.0831. The van der Waals surface area contributed by atoms with Crippen molar-refractivity contribution in [3.8, 4) is 0 Å². The Bertz CT molecular complexity index is 138. The van der Waals surface area contributed by atoms with Gasteiger partial charge in [0.15, 0.2) is 8.32 Å². The van der Waals surface area contributed by atoms with Crippen LogP contribution in [0.15, 0.2) is 12.7 Å². The van der Waals surface area contributed by atoms with E-state index < -0.39 is 8.32 Å². The molecule has 78 valence electrons. The second kappa shape index (κ2) is 6.38. The van der Waals surface area contributed by atoms with E-state index in [-0.39, 0.29) is 0 Å². The van der Waals surface area contributed by atoms with Crippen LogP contribution in [-0.2, 0) is 4.43 Å². The Morgan fingerprint density at radius 3 is 2.31 bits per heavy atom. The number of hydrogen-bond donors (Lipinski definition) is 0. The molecule has 1 atom stereocenters. The van der Waals surface area contributed by atoms with Gasteiger partial charge < -0.3 is 4.43 Å². The summed E-state index contributed by atoms with van der Waals surface area (Å²) in [5.74, 6) is 0. The summed E-state index contributed by atoms with van der Waals surface area (Å²) in [4.78, 5) is 0. The van der Waals surface area contributed by atoms with Crippen LogP contribution in [0.4, 0.5) is 0 Å². The molecular formula is C11H24OSi. The second-order valence-corrected chi connectivity index (χ2v) is 8.96. The van der Waals surface area contributed by atoms with Gasteiger partial charge in [0, 0.05) is 0 Å². The van der Waals surface area contributed by atoms with Gasteiger partial charge in [-0.05, 0) is 26.1 Å². The van der Waals surface area contributed by atoms with Crippen LogP contribution in [0.2, 0.25) is 19.6 Å². The number of rotatable bonds is 7. The fourth-order valence-electron chi connectivity index (χ4n) is 1.27. The number of unbranched alkanes of at least 4 members (excludes halogenated alkanes) is 2. The average molecular weight is 200 g/mol. The molecule has 0 N–H and O–H groups in total. The van der Waals surface area contributed by atoms with Crippen LogP contribution >= 0.6 is 0 Å². The van der Waals surface area contributed by atoms with Crippen LogP contribution in [0, 0.1) is 0 Å². The summed E-state index contributed by atoms with van der Waals surface area (Å²) in [7, 11) is -1.37. The highest BCUT2D eigenvalue weighted by molar-refractivity contribution is 6.69. The van der Waals surface area contributed by atoms with Crippen LogP contribution in [0.1, 0.15) is 32.6 Å². The maximum Gasteiger partial charge on any atom is 0.184 e. The van der Waals surface area contributed by atoms with Crippen molar-refractivity contribution < 1.29 is 4.43 Å². The zero-order valence-electron chi connectivity index (χ0n) is 9.60. The van der Waals surface area contributed by atoms with Gasteiger partial charge in [0.1, 0.15) is 0 Å². The molecule has 0 bridgehead atoms. The van der Waals surface area contributed by atoms with Crippen molar-refractivity contribution in [2.75, 3.05) is 0 Å². The molecule has 0 rings (SSSR count). The summed E-state index contributed by atoms with van der Waals surface area (Å²) < 4.78 is 5.95. The lowest BCUT2D eigenvalue weighted by Crippen LogP contribution is -2.30. The first kappa shape index (κ1) is 12.9. The molecule has 1 unspecified atom stereocenters. The minimum absolute atomic E-state index is 0.290. The Morgan fingerprint density at radius 1 is 1.31 bits per heavy atom. The predicted molar refractivity (Wildman–Crippen MR) is 62.6 cm³/mol. The van der Waals surface area contributed by atoms with Crippen LogP contribution in [0.3, 0.4) is 0 Å². The third-order valence-electron chi connectivity index (χ3n) is 1.86. The van der Waals surface area contributed by atoms with Crippen LogP contribution in [-0.4, -0.2) is 14.4 Å². The monoisotopic (exact) mass is 200 g/mol. The van der Waals surface area contributed by atoms with Gasteiger partial charge in [0.2, 0.25) is 0 Å². The van der Waals surface area contributed by atoms with E-state index in [9.17, 15) is 0 Å². The Labute approximate surface area is 84.3 Å². The predicted octanol–water partition coefficient (Wildman–Crippen LogP) is 3.97. The van der Waals surface area contributed by atoms with Crippen molar-refractivity contribution in [1.82, 2.24) is 0 Å². The summed E-state index contributed by atoms with van der Waals surface area (Å²) in [5, 5.41) is 0. The summed E-state index contributed by atoms with van der Waals surface area (Å²) in [6.07, 6.45) is 7.22. The normalized spacial score (nSPS) is 14.2. The molecule has 0 aromatic rings. The van der Waals surface area contributed by atoms with Gasteiger partial charge in [0.05, 0.1) is 6.10 Å². The molecule has 0 heterocycles. The standard InChI is InChI=1S/C11H24OSi/c1-6-8-9-10-11(7-2)12-13(3,4)5/h7,11H,2,6,8-10H2,1,3-5H3. The molecule has 0 amide bonds. The second-order valence-electron chi connectivity index (χ2n) is 4.50. The largest absolute Gasteiger partial charge is 0.411 e. The van der Waals surface area contributed by atoms with E-state index in [1.807, 2.05) is 6.08 Å². The molecule has 0 saturated carbocycles. The molecule has 0 aliphatic carbocycles. The molecule has 13 heavy (non-hydrogen) atoms. The highest BCUT2D eigenvalue weighted by Gasteiger charge is 2.18. The zero-order valence-corrected chi connectivity index (χ0v) is 10.6. The third kappa shape index (κ3) is 8.25. The van der Waals surface area contributed by atoms with E-state index in [4.69, 9.17) is 4.43 Å². The van der Waals surface area contributed by atoms with E-state index in [2.05, 4.69) is 33.1 Å². The smallest absolute Gasteiger partial charge is 0.184 e. The van der Waals surface area contributed by atoms with Gasteiger partial charge in [0.25, 0.3) is 0 Å². The lowest BCUT2D eigenvalue weighted by atomic mass is 10.1. The lowest BCUT2D eigenvalue weighted by Gasteiger charge is -2.23. The van der Waals surface area contributed by atoms with Gasteiger partial charge in [-0.15, -0.1) is 6.58 Å². The van der Waals surface area contributed by atoms with E-state index in [1.54, 1.807) is 0 Å². The van der Waals surface area contributed by atoms with E-state index in [0.29, 0.717) is 6.10 Å². The molecule has 0 fully saturated rings. The summed E-state index contributed by atoms with van der Waals surface area (Å²) in [5.41, 5.74) is 0. The van der Waals surface area contributed by atoms with Gasteiger partial charge in [-0.2, -0.15) is 0 Å². The van der Waals surface area contributed by atoms with Crippen molar-refractivity contribution in [3.63, 3.8) is 0 Å². The Morgan fingerprint density at radius 2 is 1.92 bits per heavy atom. The molecule has 0 aromatic carbocycles. The Balaban J connectivity index is 3.70. The fraction of sp³-hybridized carbons (Fsp3) is 0.818. The average Bonchev–Trinajstić information content (AvgIpc) is 2.01. The van der Waals surface area contributed by atoms with Crippen molar-refractivity contribution >= 4 is 8.32 Å². The van der Waals surface area contributed by atoms with Gasteiger partial charge in [-0.1, -0.05) is 32.3 Å². The summed E-state index contributed by atoms with van der Waals surface area (Å²) in [6, 6.07) is 0. The first-order valence-electron chi connectivity index (χ1n) is 5.30. The van der Waals surface area contributed by atoms with Crippen molar-refractivity contribution in [1.29, 1.82) is 0 Å². The maximum atomic E-state index is 5.95. The Kier molecular flexibility index (Phi) is 6.34. The zero-order chi connectivity index (χ0) is 10.3. The molecule has 1 nitrogen and oxygen atoms in total.